The van der Waals surface area contributed by atoms with Gasteiger partial charge >= 0.3 is 0 Å². The van der Waals surface area contributed by atoms with Crippen molar-refractivity contribution < 1.29 is 21.6 Å². The SMILES string of the molecule is COc1ccccc1NS(=O)(=O)c1cc(NS(=O)(=O)c2cc(C)ccc2C)ccc1Cl. The summed E-state index contributed by atoms with van der Waals surface area (Å²) in [5, 5.41) is -0.0583. The Hall–Kier alpha value is -2.75. The maximum Gasteiger partial charge on any atom is 0.263 e. The lowest BCUT2D eigenvalue weighted by atomic mass is 10.2. The number of halogens is 1. The largest absolute Gasteiger partial charge is 0.495 e. The van der Waals surface area contributed by atoms with Gasteiger partial charge in [-0.1, -0.05) is 35.9 Å². The van der Waals surface area contributed by atoms with Gasteiger partial charge in [-0.25, -0.2) is 16.8 Å². The van der Waals surface area contributed by atoms with E-state index in [1.807, 2.05) is 6.07 Å². The number of anilines is 2. The van der Waals surface area contributed by atoms with Gasteiger partial charge in [-0.3, -0.25) is 9.44 Å². The summed E-state index contributed by atoms with van der Waals surface area (Å²) in [6, 6.07) is 15.4. The van der Waals surface area contributed by atoms with Gasteiger partial charge < -0.3 is 4.74 Å². The van der Waals surface area contributed by atoms with Crippen LogP contribution < -0.4 is 14.2 Å². The van der Waals surface area contributed by atoms with Crippen LogP contribution in [0.3, 0.4) is 0 Å². The van der Waals surface area contributed by atoms with E-state index in [1.54, 1.807) is 44.2 Å². The molecule has 0 amide bonds. The van der Waals surface area contributed by atoms with Gasteiger partial charge in [0.25, 0.3) is 20.0 Å². The highest BCUT2D eigenvalue weighted by atomic mass is 35.5. The molecule has 0 aliphatic carbocycles. The van der Waals surface area contributed by atoms with E-state index in [9.17, 15) is 16.8 Å². The predicted molar refractivity (Wildman–Crippen MR) is 122 cm³/mol. The summed E-state index contributed by atoms with van der Waals surface area (Å²) >= 11 is 6.13. The van der Waals surface area contributed by atoms with Gasteiger partial charge in [-0.15, -0.1) is 0 Å². The topological polar surface area (TPSA) is 102 Å². The Morgan fingerprint density at radius 1 is 0.806 bits per heavy atom. The summed E-state index contributed by atoms with van der Waals surface area (Å²) < 4.78 is 61.6. The number of hydrogen-bond donors (Lipinski definition) is 2. The summed E-state index contributed by atoms with van der Waals surface area (Å²) in [5.74, 6) is 0.328. The second-order valence-electron chi connectivity index (χ2n) is 6.83. The van der Waals surface area contributed by atoms with E-state index < -0.39 is 20.0 Å². The molecular formula is C21H21ClN2O5S2. The van der Waals surface area contributed by atoms with Crippen LogP contribution in [0.25, 0.3) is 0 Å². The molecule has 0 aromatic heterocycles. The second kappa shape index (κ2) is 8.78. The highest BCUT2D eigenvalue weighted by Crippen LogP contribution is 2.31. The van der Waals surface area contributed by atoms with Crippen molar-refractivity contribution in [3.8, 4) is 5.75 Å². The van der Waals surface area contributed by atoms with Gasteiger partial charge in [0, 0.05) is 0 Å². The maximum absolute atomic E-state index is 12.9. The van der Waals surface area contributed by atoms with E-state index in [4.69, 9.17) is 16.3 Å². The monoisotopic (exact) mass is 480 g/mol. The van der Waals surface area contributed by atoms with Crippen molar-refractivity contribution in [3.63, 3.8) is 0 Å². The molecule has 31 heavy (non-hydrogen) atoms. The van der Waals surface area contributed by atoms with Gasteiger partial charge in [-0.2, -0.15) is 0 Å². The number of methoxy groups -OCH3 is 1. The van der Waals surface area contributed by atoms with Crippen LogP contribution >= 0.6 is 11.6 Å². The molecule has 0 saturated carbocycles. The van der Waals surface area contributed by atoms with E-state index >= 15 is 0 Å². The lowest BCUT2D eigenvalue weighted by Crippen LogP contribution is -2.17. The number of ether oxygens (including phenoxy) is 1. The van der Waals surface area contributed by atoms with Crippen LogP contribution in [0.2, 0.25) is 5.02 Å². The minimum atomic E-state index is -4.13. The van der Waals surface area contributed by atoms with Crippen LogP contribution in [0.5, 0.6) is 5.75 Å². The van der Waals surface area contributed by atoms with Gasteiger partial charge in [0.05, 0.1) is 28.4 Å². The average molecular weight is 481 g/mol. The van der Waals surface area contributed by atoms with Crippen molar-refractivity contribution >= 4 is 43.0 Å². The van der Waals surface area contributed by atoms with Crippen molar-refractivity contribution in [2.75, 3.05) is 16.6 Å². The first-order valence-electron chi connectivity index (χ1n) is 9.09. The molecule has 0 bridgehead atoms. The van der Waals surface area contributed by atoms with Crippen molar-refractivity contribution in [3.05, 3.63) is 76.8 Å². The summed E-state index contributed by atoms with van der Waals surface area (Å²) in [7, 11) is -6.65. The fourth-order valence-corrected chi connectivity index (χ4v) is 5.89. The zero-order valence-corrected chi connectivity index (χ0v) is 19.4. The Morgan fingerprint density at radius 2 is 1.48 bits per heavy atom. The van der Waals surface area contributed by atoms with Crippen molar-refractivity contribution in [1.82, 2.24) is 0 Å². The number of sulfonamides is 2. The number of para-hydroxylation sites is 2. The zero-order valence-electron chi connectivity index (χ0n) is 17.0. The molecule has 0 fully saturated rings. The molecule has 3 aromatic carbocycles. The molecule has 0 saturated heterocycles. The molecule has 3 rings (SSSR count). The fourth-order valence-electron chi connectivity index (χ4n) is 2.91. The Morgan fingerprint density at radius 3 is 2.19 bits per heavy atom. The fraction of sp³-hybridized carbons (Fsp3) is 0.143. The first-order valence-corrected chi connectivity index (χ1v) is 12.4. The molecule has 0 radical (unpaired) electrons. The Balaban J connectivity index is 1.97. The smallest absolute Gasteiger partial charge is 0.263 e. The summed E-state index contributed by atoms with van der Waals surface area (Å²) in [6.07, 6.45) is 0. The van der Waals surface area contributed by atoms with Crippen LogP contribution in [0.4, 0.5) is 11.4 Å². The second-order valence-corrected chi connectivity index (χ2v) is 10.5. The van der Waals surface area contributed by atoms with E-state index in [1.165, 1.54) is 31.4 Å². The maximum atomic E-state index is 12.9. The Bertz CT molecular complexity index is 1340. The van der Waals surface area contributed by atoms with E-state index in [2.05, 4.69) is 9.44 Å². The third-order valence-electron chi connectivity index (χ3n) is 4.46. The molecule has 164 valence electrons. The zero-order chi connectivity index (χ0) is 22.8. The highest BCUT2D eigenvalue weighted by Gasteiger charge is 2.23. The minimum Gasteiger partial charge on any atom is -0.495 e. The molecule has 3 aromatic rings. The van der Waals surface area contributed by atoms with Crippen LogP contribution in [0.15, 0.2) is 70.5 Å². The summed E-state index contributed by atoms with van der Waals surface area (Å²) in [6.45, 7) is 3.47. The predicted octanol–water partition coefficient (Wildman–Crippen LogP) is 4.57. The van der Waals surface area contributed by atoms with Gasteiger partial charge in [0.1, 0.15) is 10.6 Å². The third-order valence-corrected chi connectivity index (χ3v) is 7.83. The quantitative estimate of drug-likeness (QED) is 0.516. The van der Waals surface area contributed by atoms with Gasteiger partial charge in [0.15, 0.2) is 0 Å². The third kappa shape index (κ3) is 5.12. The molecular weight excluding hydrogens is 460 g/mol. The lowest BCUT2D eigenvalue weighted by Gasteiger charge is -2.15. The number of rotatable bonds is 7. The highest BCUT2D eigenvalue weighted by molar-refractivity contribution is 7.93. The minimum absolute atomic E-state index is 0.0583. The first kappa shape index (κ1) is 22.9. The van der Waals surface area contributed by atoms with E-state index in [0.29, 0.717) is 11.3 Å². The molecule has 0 atom stereocenters. The average Bonchev–Trinajstić information content (AvgIpc) is 2.71. The molecule has 0 spiro atoms. The molecule has 10 heteroatoms. The van der Waals surface area contributed by atoms with E-state index in [-0.39, 0.29) is 26.2 Å². The number of hydrogen-bond acceptors (Lipinski definition) is 5. The molecule has 0 heterocycles. The van der Waals surface area contributed by atoms with Crippen LogP contribution in [0, 0.1) is 13.8 Å². The Kier molecular flexibility index (Phi) is 6.49. The van der Waals surface area contributed by atoms with Gasteiger partial charge in [-0.05, 0) is 61.4 Å². The summed E-state index contributed by atoms with van der Waals surface area (Å²) in [4.78, 5) is -0.166. The van der Waals surface area contributed by atoms with Crippen molar-refractivity contribution in [1.29, 1.82) is 0 Å². The van der Waals surface area contributed by atoms with Gasteiger partial charge in [0.2, 0.25) is 0 Å². The molecule has 2 N–H and O–H groups in total. The molecule has 0 aliphatic rings. The van der Waals surface area contributed by atoms with Crippen LogP contribution in [-0.2, 0) is 20.0 Å². The van der Waals surface area contributed by atoms with E-state index in [0.717, 1.165) is 5.56 Å². The molecule has 7 nitrogen and oxygen atoms in total. The standard InChI is InChI=1S/C21H21ClN2O5S2/c1-14-8-9-15(2)20(12-14)30(25,26)23-16-10-11-17(22)21(13-16)31(27,28)24-18-6-4-5-7-19(18)29-3/h4-13,23-24H,1-3H3. The lowest BCUT2D eigenvalue weighted by molar-refractivity contribution is 0.417. The van der Waals surface area contributed by atoms with Crippen LogP contribution in [-0.4, -0.2) is 23.9 Å². The molecule has 0 unspecified atom stereocenters. The Labute approximate surface area is 187 Å². The normalized spacial score (nSPS) is 11.7. The van der Waals surface area contributed by atoms with Crippen molar-refractivity contribution in [2.24, 2.45) is 0 Å². The van der Waals surface area contributed by atoms with Crippen molar-refractivity contribution in [2.45, 2.75) is 23.6 Å². The number of aryl methyl sites for hydroxylation is 2. The number of benzene rings is 3. The first-order chi connectivity index (χ1) is 14.5. The summed E-state index contributed by atoms with van der Waals surface area (Å²) in [5.41, 5.74) is 1.64. The molecule has 0 aliphatic heterocycles. The van der Waals surface area contributed by atoms with Crippen LogP contribution in [0.1, 0.15) is 11.1 Å². The number of nitrogens with one attached hydrogen (secondary N) is 2.